The van der Waals surface area contributed by atoms with E-state index >= 15 is 0 Å². The Morgan fingerprint density at radius 1 is 1.16 bits per heavy atom. The van der Waals surface area contributed by atoms with Crippen molar-refractivity contribution in [1.82, 2.24) is 4.98 Å². The molecule has 1 fully saturated rings. The molecule has 19 heavy (non-hydrogen) atoms. The van der Waals surface area contributed by atoms with Crippen LogP contribution in [0.15, 0.2) is 12.1 Å². The van der Waals surface area contributed by atoms with Gasteiger partial charge >= 0.3 is 7.12 Å². The fraction of sp³-hybridized carbons (Fsp3) is 0.583. The number of alkyl halides is 2. The fourth-order valence-electron chi connectivity index (χ4n) is 1.75. The van der Waals surface area contributed by atoms with Crippen molar-refractivity contribution in [1.29, 1.82) is 0 Å². The molecule has 0 amide bonds. The molecule has 0 unspecified atom stereocenters. The zero-order chi connectivity index (χ0) is 14.4. The first kappa shape index (κ1) is 14.7. The van der Waals surface area contributed by atoms with E-state index in [1.807, 2.05) is 27.7 Å². The van der Waals surface area contributed by atoms with E-state index in [-0.39, 0.29) is 16.3 Å². The molecule has 0 aromatic carbocycles. The number of nitrogens with zero attached hydrogens (tertiary/aromatic N) is 1. The molecule has 104 valence electrons. The molecule has 0 saturated carbocycles. The number of hydrogen-bond donors (Lipinski definition) is 0. The van der Waals surface area contributed by atoms with Gasteiger partial charge in [0.1, 0.15) is 5.15 Å². The average Bonchev–Trinajstić information content (AvgIpc) is 2.47. The number of halogens is 3. The molecule has 1 aliphatic rings. The van der Waals surface area contributed by atoms with Gasteiger partial charge in [-0.05, 0) is 39.8 Å². The third-order valence-electron chi connectivity index (χ3n) is 3.58. The van der Waals surface area contributed by atoms with Crippen LogP contribution in [-0.2, 0) is 9.31 Å². The summed E-state index contributed by atoms with van der Waals surface area (Å²) in [6, 6.07) is 2.40. The van der Waals surface area contributed by atoms with E-state index in [2.05, 4.69) is 4.98 Å². The van der Waals surface area contributed by atoms with E-state index in [1.165, 1.54) is 6.07 Å². The van der Waals surface area contributed by atoms with Crippen molar-refractivity contribution < 1.29 is 18.1 Å². The van der Waals surface area contributed by atoms with Crippen LogP contribution in [0.25, 0.3) is 0 Å². The lowest BCUT2D eigenvalue weighted by atomic mass is 9.83. The maximum absolute atomic E-state index is 12.8. The quantitative estimate of drug-likeness (QED) is 0.619. The minimum atomic E-state index is -2.61. The third-order valence-corrected chi connectivity index (χ3v) is 3.78. The van der Waals surface area contributed by atoms with Gasteiger partial charge in [-0.25, -0.2) is 13.8 Å². The van der Waals surface area contributed by atoms with Crippen molar-refractivity contribution in [2.24, 2.45) is 0 Å². The highest BCUT2D eigenvalue weighted by atomic mass is 35.5. The van der Waals surface area contributed by atoms with Crippen molar-refractivity contribution in [3.63, 3.8) is 0 Å². The normalized spacial score (nSPS) is 21.2. The summed E-state index contributed by atoms with van der Waals surface area (Å²) in [5.74, 6) is 0. The molecule has 0 radical (unpaired) electrons. The molecule has 0 bridgehead atoms. The molecule has 3 nitrogen and oxygen atoms in total. The smallest absolute Gasteiger partial charge is 0.398 e. The third kappa shape index (κ3) is 2.76. The molecule has 7 heteroatoms. The van der Waals surface area contributed by atoms with Gasteiger partial charge in [0.15, 0.2) is 0 Å². The summed E-state index contributed by atoms with van der Waals surface area (Å²) < 4.78 is 37.0. The highest BCUT2D eigenvalue weighted by Gasteiger charge is 2.52. The minimum absolute atomic E-state index is 0.00233. The minimum Gasteiger partial charge on any atom is -0.398 e. The molecular formula is C12H15BClF2NO2. The van der Waals surface area contributed by atoms with Gasteiger partial charge < -0.3 is 9.31 Å². The summed E-state index contributed by atoms with van der Waals surface area (Å²) in [7, 11) is -0.791. The van der Waals surface area contributed by atoms with Gasteiger partial charge in [-0.2, -0.15) is 0 Å². The van der Waals surface area contributed by atoms with Gasteiger partial charge in [-0.15, -0.1) is 0 Å². The van der Waals surface area contributed by atoms with Crippen molar-refractivity contribution in [2.45, 2.75) is 45.3 Å². The summed E-state index contributed by atoms with van der Waals surface area (Å²) >= 11 is 5.76. The Bertz CT molecular complexity index is 481. The molecule has 0 aliphatic carbocycles. The maximum atomic E-state index is 12.8. The lowest BCUT2D eigenvalue weighted by Crippen LogP contribution is -2.41. The highest BCUT2D eigenvalue weighted by molar-refractivity contribution is 6.61. The molecule has 1 aliphatic heterocycles. The van der Waals surface area contributed by atoms with Crippen LogP contribution in [0.1, 0.15) is 39.7 Å². The second-order valence-corrected chi connectivity index (χ2v) is 5.92. The van der Waals surface area contributed by atoms with Crippen LogP contribution in [-0.4, -0.2) is 23.3 Å². The summed E-state index contributed by atoms with van der Waals surface area (Å²) in [6.45, 7) is 7.52. The monoisotopic (exact) mass is 289 g/mol. The van der Waals surface area contributed by atoms with Crippen LogP contribution in [0.5, 0.6) is 0 Å². The fourth-order valence-corrected chi connectivity index (χ4v) is 1.97. The van der Waals surface area contributed by atoms with E-state index < -0.39 is 24.7 Å². The molecule has 0 atom stereocenters. The zero-order valence-electron chi connectivity index (χ0n) is 11.2. The largest absolute Gasteiger partial charge is 0.514 e. The topological polar surface area (TPSA) is 31.4 Å². The summed E-state index contributed by atoms with van der Waals surface area (Å²) in [4.78, 5) is 4.01. The molecule has 1 aromatic heterocycles. The molecule has 1 aromatic rings. The van der Waals surface area contributed by atoms with Gasteiger partial charge in [0.05, 0.1) is 16.8 Å². The second-order valence-electron chi connectivity index (χ2n) is 5.54. The Labute approximate surface area is 116 Å². The zero-order valence-corrected chi connectivity index (χ0v) is 12.0. The molecule has 2 rings (SSSR count). The summed E-state index contributed by atoms with van der Waals surface area (Å²) in [5.41, 5.74) is -1.02. The van der Waals surface area contributed by atoms with Crippen LogP contribution >= 0.6 is 11.6 Å². The van der Waals surface area contributed by atoms with E-state index in [1.54, 1.807) is 0 Å². The predicted molar refractivity (Wildman–Crippen MR) is 69.9 cm³/mol. The van der Waals surface area contributed by atoms with Gasteiger partial charge in [0, 0.05) is 5.56 Å². The summed E-state index contributed by atoms with van der Waals surface area (Å²) in [6.07, 6.45) is -2.61. The lowest BCUT2D eigenvalue weighted by Gasteiger charge is -2.32. The Kier molecular flexibility index (Phi) is 3.62. The Morgan fingerprint density at radius 2 is 1.68 bits per heavy atom. The molecule has 0 N–H and O–H groups in total. The van der Waals surface area contributed by atoms with Crippen molar-refractivity contribution in [2.75, 3.05) is 0 Å². The predicted octanol–water partition coefficient (Wildman–Crippen LogP) is 2.97. The first-order valence-corrected chi connectivity index (χ1v) is 6.31. The highest BCUT2D eigenvalue weighted by Crippen LogP contribution is 2.36. The van der Waals surface area contributed by atoms with Crippen molar-refractivity contribution >= 4 is 24.3 Å². The Balaban J connectivity index is 2.34. The Hall–Kier alpha value is -0.715. The summed E-state index contributed by atoms with van der Waals surface area (Å²) in [5, 5.41) is 0.00233. The van der Waals surface area contributed by atoms with Crippen LogP contribution in [0.4, 0.5) is 8.78 Å². The maximum Gasteiger partial charge on any atom is 0.514 e. The molecular weight excluding hydrogens is 274 g/mol. The molecule has 2 heterocycles. The van der Waals surface area contributed by atoms with Gasteiger partial charge in [0.25, 0.3) is 6.43 Å². The van der Waals surface area contributed by atoms with E-state index in [9.17, 15) is 8.78 Å². The number of pyridine rings is 1. The van der Waals surface area contributed by atoms with Crippen molar-refractivity contribution in [3.8, 4) is 0 Å². The van der Waals surface area contributed by atoms with E-state index in [0.29, 0.717) is 0 Å². The standard InChI is InChI=1S/C12H15BClF2NO2/c1-11(2)12(3,4)19-13(18-11)8-5-7(10(15)16)6-9(14)17-8/h5-6,10H,1-4H3. The first-order valence-electron chi connectivity index (χ1n) is 5.93. The number of rotatable bonds is 2. The van der Waals surface area contributed by atoms with Gasteiger partial charge in [-0.3, -0.25) is 0 Å². The van der Waals surface area contributed by atoms with Crippen LogP contribution < -0.4 is 5.59 Å². The van der Waals surface area contributed by atoms with Gasteiger partial charge in [-0.1, -0.05) is 11.6 Å². The lowest BCUT2D eigenvalue weighted by molar-refractivity contribution is 0.00578. The van der Waals surface area contributed by atoms with Crippen LogP contribution in [0.3, 0.4) is 0 Å². The van der Waals surface area contributed by atoms with E-state index in [0.717, 1.165) is 6.07 Å². The first-order chi connectivity index (χ1) is 8.62. The second kappa shape index (κ2) is 4.68. The average molecular weight is 290 g/mol. The van der Waals surface area contributed by atoms with Crippen LogP contribution in [0, 0.1) is 0 Å². The SMILES string of the molecule is CC1(C)OB(c2cc(C(F)F)cc(Cl)n2)OC1(C)C. The van der Waals surface area contributed by atoms with Gasteiger partial charge in [0.2, 0.25) is 0 Å². The van der Waals surface area contributed by atoms with Crippen molar-refractivity contribution in [3.05, 3.63) is 22.8 Å². The van der Waals surface area contributed by atoms with Crippen LogP contribution in [0.2, 0.25) is 5.15 Å². The molecule has 1 saturated heterocycles. The Morgan fingerprint density at radius 3 is 2.16 bits per heavy atom. The number of aromatic nitrogens is 1. The van der Waals surface area contributed by atoms with E-state index in [4.69, 9.17) is 20.9 Å². The number of hydrogen-bond acceptors (Lipinski definition) is 3. The molecule has 0 spiro atoms.